The molecule has 5 heteroatoms. The summed E-state index contributed by atoms with van der Waals surface area (Å²) < 4.78 is 5.44. The van der Waals surface area contributed by atoms with Crippen molar-refractivity contribution < 1.29 is 9.53 Å². The summed E-state index contributed by atoms with van der Waals surface area (Å²) in [5, 5.41) is 11.0. The molecule has 1 N–H and O–H groups in total. The molecule has 0 bridgehead atoms. The van der Waals surface area contributed by atoms with Gasteiger partial charge in [-0.25, -0.2) is 0 Å². The third-order valence-electron chi connectivity index (χ3n) is 3.78. The lowest BCUT2D eigenvalue weighted by Crippen LogP contribution is -2.17. The van der Waals surface area contributed by atoms with Crippen molar-refractivity contribution >= 4 is 11.6 Å². The highest BCUT2D eigenvalue weighted by Gasteiger charge is 2.39. The number of terminal acetylenes is 1. The van der Waals surface area contributed by atoms with Gasteiger partial charge in [0, 0.05) is 37.8 Å². The van der Waals surface area contributed by atoms with Crippen LogP contribution in [0.5, 0.6) is 5.75 Å². The van der Waals surface area contributed by atoms with Gasteiger partial charge in [-0.1, -0.05) is 0 Å². The highest BCUT2D eigenvalue weighted by atomic mass is 16.5. The van der Waals surface area contributed by atoms with Gasteiger partial charge < -0.3 is 10.1 Å². The average Bonchev–Trinajstić information content (AvgIpc) is 3.11. The minimum Gasteiger partial charge on any atom is -0.493 e. The van der Waals surface area contributed by atoms with Gasteiger partial charge in [0.2, 0.25) is 5.91 Å². The molecule has 3 rings (SSSR count). The summed E-state index contributed by atoms with van der Waals surface area (Å²) in [6.45, 7) is 0.716. The molecule has 21 heavy (non-hydrogen) atoms. The Balaban J connectivity index is 1.49. The van der Waals surface area contributed by atoms with E-state index in [1.165, 1.54) is 0 Å². The minimum absolute atomic E-state index is 0.0220. The smallest absolute Gasteiger partial charge is 0.224 e. The van der Waals surface area contributed by atoms with Gasteiger partial charge in [0.05, 0.1) is 6.61 Å². The van der Waals surface area contributed by atoms with Crippen LogP contribution in [0.2, 0.25) is 0 Å². The van der Waals surface area contributed by atoms with Gasteiger partial charge in [0.15, 0.2) is 5.66 Å². The molecule has 2 heterocycles. The highest BCUT2D eigenvalue weighted by molar-refractivity contribution is 5.91. The second-order valence-corrected chi connectivity index (χ2v) is 5.36. The van der Waals surface area contributed by atoms with Crippen LogP contribution in [-0.4, -0.2) is 18.2 Å². The number of nitrogens with one attached hydrogen (secondary N) is 1. The SMILES string of the molecule is C#CCCC1(CCC(=O)Nc2ccc3c(c2)CCO3)N=N1. The zero-order valence-corrected chi connectivity index (χ0v) is 11.8. The number of hydrogen-bond donors (Lipinski definition) is 1. The van der Waals surface area contributed by atoms with Gasteiger partial charge in [-0.15, -0.1) is 12.3 Å². The summed E-state index contributed by atoms with van der Waals surface area (Å²) in [6.07, 6.45) is 8.52. The number of fused-ring (bicyclic) bond motifs is 1. The van der Waals surface area contributed by atoms with Crippen LogP contribution in [0.1, 0.15) is 31.2 Å². The Morgan fingerprint density at radius 3 is 3.05 bits per heavy atom. The monoisotopic (exact) mass is 283 g/mol. The second kappa shape index (κ2) is 5.57. The molecule has 0 aliphatic carbocycles. The van der Waals surface area contributed by atoms with E-state index >= 15 is 0 Å². The average molecular weight is 283 g/mol. The molecule has 0 aromatic heterocycles. The predicted molar refractivity (Wildman–Crippen MR) is 79.2 cm³/mol. The number of hydrogen-bond acceptors (Lipinski definition) is 4. The van der Waals surface area contributed by atoms with Crippen LogP contribution < -0.4 is 10.1 Å². The summed E-state index contributed by atoms with van der Waals surface area (Å²) in [4.78, 5) is 12.0. The first kappa shape index (κ1) is 13.6. The fourth-order valence-corrected chi connectivity index (χ4v) is 2.47. The molecule has 0 saturated carbocycles. The van der Waals surface area contributed by atoms with Crippen LogP contribution in [0.3, 0.4) is 0 Å². The van der Waals surface area contributed by atoms with Crippen molar-refractivity contribution in [3.05, 3.63) is 23.8 Å². The lowest BCUT2D eigenvalue weighted by atomic mass is 10.0. The quantitative estimate of drug-likeness (QED) is 0.816. The molecule has 0 saturated heterocycles. The van der Waals surface area contributed by atoms with Gasteiger partial charge in [0.25, 0.3) is 0 Å². The second-order valence-electron chi connectivity index (χ2n) is 5.36. The maximum absolute atomic E-state index is 12.0. The lowest BCUT2D eigenvalue weighted by molar-refractivity contribution is -0.116. The van der Waals surface area contributed by atoms with E-state index in [1.54, 1.807) is 0 Å². The first-order valence-corrected chi connectivity index (χ1v) is 7.14. The zero-order valence-electron chi connectivity index (χ0n) is 11.8. The van der Waals surface area contributed by atoms with E-state index in [0.29, 0.717) is 25.9 Å². The number of amides is 1. The molecule has 1 amide bonds. The van der Waals surface area contributed by atoms with E-state index in [-0.39, 0.29) is 5.91 Å². The maximum atomic E-state index is 12.0. The van der Waals surface area contributed by atoms with Crippen molar-refractivity contribution in [1.29, 1.82) is 0 Å². The van der Waals surface area contributed by atoms with Crippen molar-refractivity contribution in [2.45, 2.75) is 37.8 Å². The van der Waals surface area contributed by atoms with Crippen LogP contribution >= 0.6 is 0 Å². The molecule has 2 aliphatic rings. The molecule has 0 atom stereocenters. The van der Waals surface area contributed by atoms with Gasteiger partial charge in [-0.05, 0) is 23.8 Å². The fourth-order valence-electron chi connectivity index (χ4n) is 2.47. The van der Waals surface area contributed by atoms with Gasteiger partial charge >= 0.3 is 0 Å². The van der Waals surface area contributed by atoms with E-state index in [9.17, 15) is 4.79 Å². The van der Waals surface area contributed by atoms with Crippen LogP contribution in [0.25, 0.3) is 0 Å². The van der Waals surface area contributed by atoms with Crippen LogP contribution in [0, 0.1) is 12.3 Å². The number of nitrogens with zero attached hydrogens (tertiary/aromatic N) is 2. The number of carbonyl (C=O) groups is 1. The van der Waals surface area contributed by atoms with Crippen LogP contribution in [0.15, 0.2) is 28.4 Å². The topological polar surface area (TPSA) is 63.0 Å². The Kier molecular flexibility index (Phi) is 3.61. The first-order chi connectivity index (χ1) is 10.2. The summed E-state index contributed by atoms with van der Waals surface area (Å²) >= 11 is 0. The number of rotatable bonds is 6. The van der Waals surface area contributed by atoms with Crippen molar-refractivity contribution in [2.24, 2.45) is 10.2 Å². The van der Waals surface area contributed by atoms with Crippen molar-refractivity contribution in [3.63, 3.8) is 0 Å². The third kappa shape index (κ3) is 3.22. The Labute approximate surface area is 123 Å². The molecular weight excluding hydrogens is 266 g/mol. The van der Waals surface area contributed by atoms with E-state index in [2.05, 4.69) is 21.5 Å². The van der Waals surface area contributed by atoms with E-state index in [0.717, 1.165) is 29.8 Å². The molecule has 0 spiro atoms. The van der Waals surface area contributed by atoms with Crippen molar-refractivity contribution in [3.8, 4) is 18.1 Å². The molecule has 5 nitrogen and oxygen atoms in total. The summed E-state index contributed by atoms with van der Waals surface area (Å²) in [5.74, 6) is 3.47. The Bertz CT molecular complexity index is 625. The predicted octanol–water partition coefficient (Wildman–Crippen LogP) is 2.92. The summed E-state index contributed by atoms with van der Waals surface area (Å²) in [6, 6.07) is 5.74. The third-order valence-corrected chi connectivity index (χ3v) is 3.78. The Hall–Kier alpha value is -2.35. The molecule has 1 aromatic carbocycles. The van der Waals surface area contributed by atoms with Crippen molar-refractivity contribution in [2.75, 3.05) is 11.9 Å². The molecular formula is C16H17N3O2. The minimum atomic E-state index is -0.393. The normalized spacial score (nSPS) is 16.7. The summed E-state index contributed by atoms with van der Waals surface area (Å²) in [7, 11) is 0. The van der Waals surface area contributed by atoms with Gasteiger partial charge in [-0.2, -0.15) is 10.2 Å². The standard InChI is InChI=1S/C16H17N3O2/c1-2-3-8-16(18-19-16)9-6-15(20)17-13-4-5-14-12(11-13)7-10-21-14/h1,4-5,11H,3,6-10H2,(H,17,20). The molecule has 0 radical (unpaired) electrons. The van der Waals surface area contributed by atoms with E-state index < -0.39 is 5.66 Å². The van der Waals surface area contributed by atoms with Crippen LogP contribution in [-0.2, 0) is 11.2 Å². The van der Waals surface area contributed by atoms with E-state index in [1.807, 2.05) is 18.2 Å². The lowest BCUT2D eigenvalue weighted by Gasteiger charge is -2.10. The summed E-state index contributed by atoms with van der Waals surface area (Å²) in [5.41, 5.74) is 1.56. The van der Waals surface area contributed by atoms with Crippen molar-refractivity contribution in [1.82, 2.24) is 0 Å². The van der Waals surface area contributed by atoms with Crippen LogP contribution in [0.4, 0.5) is 5.69 Å². The number of anilines is 1. The Morgan fingerprint density at radius 1 is 1.43 bits per heavy atom. The van der Waals surface area contributed by atoms with Gasteiger partial charge in [0.1, 0.15) is 5.75 Å². The number of ether oxygens (including phenoxy) is 1. The largest absolute Gasteiger partial charge is 0.493 e. The Morgan fingerprint density at radius 2 is 2.29 bits per heavy atom. The van der Waals surface area contributed by atoms with E-state index in [4.69, 9.17) is 11.2 Å². The molecule has 1 aromatic rings. The molecule has 0 fully saturated rings. The molecule has 0 unspecified atom stereocenters. The molecule has 2 aliphatic heterocycles. The zero-order chi connectivity index (χ0) is 14.7. The fraction of sp³-hybridized carbons (Fsp3) is 0.438. The first-order valence-electron chi connectivity index (χ1n) is 7.14. The number of benzene rings is 1. The highest BCUT2D eigenvalue weighted by Crippen LogP contribution is 2.37. The molecule has 108 valence electrons. The maximum Gasteiger partial charge on any atom is 0.224 e. The van der Waals surface area contributed by atoms with Gasteiger partial charge in [-0.3, -0.25) is 4.79 Å². The number of carbonyl (C=O) groups excluding carboxylic acids is 1.